The van der Waals surface area contributed by atoms with Gasteiger partial charge in [-0.2, -0.15) is 0 Å². The summed E-state index contributed by atoms with van der Waals surface area (Å²) in [4.78, 5) is 0. The third-order valence-corrected chi connectivity index (χ3v) is 5.07. The van der Waals surface area contributed by atoms with E-state index in [1.165, 1.54) is 25.7 Å². The number of rotatable bonds is 14. The Hall–Kier alpha value is 1.30. The van der Waals surface area contributed by atoms with Crippen molar-refractivity contribution >= 4 is 65.7 Å². The Balaban J connectivity index is -0.000000372. The smallest absolute Gasteiger partial charge is 0.748 e. The minimum atomic E-state index is -3.97. The van der Waals surface area contributed by atoms with Gasteiger partial charge in [-0.1, -0.05) is 78.1 Å². The van der Waals surface area contributed by atoms with Crippen molar-refractivity contribution in [2.24, 2.45) is 0 Å². The molecule has 0 aromatic heterocycles. The first-order valence-electron chi connectivity index (χ1n) is 8.99. The van der Waals surface area contributed by atoms with Gasteiger partial charge in [-0.05, 0) is 12.8 Å². The predicted molar refractivity (Wildman–Crippen MR) is 102 cm³/mol. The fourth-order valence-electron chi connectivity index (χ4n) is 2.12. The second-order valence-corrected chi connectivity index (χ2v) is 9.11. The van der Waals surface area contributed by atoms with Crippen LogP contribution < -0.4 is 0 Å². The van der Waals surface area contributed by atoms with Crippen LogP contribution in [-0.2, 0) is 20.2 Å². The SMILES string of the molecule is CCCCCCCCS(=O)(=O)[O-].CCCCCCCCS(=O)(=O)[O-].[Sr+2]. The van der Waals surface area contributed by atoms with Gasteiger partial charge in [0.1, 0.15) is 0 Å². The van der Waals surface area contributed by atoms with Gasteiger partial charge < -0.3 is 9.11 Å². The van der Waals surface area contributed by atoms with Crippen LogP contribution in [0.25, 0.3) is 0 Å². The summed E-state index contributed by atoms with van der Waals surface area (Å²) in [6, 6.07) is 0. The first-order valence-corrected chi connectivity index (χ1v) is 12.1. The molecule has 0 atom stereocenters. The zero-order chi connectivity index (χ0) is 18.9. The van der Waals surface area contributed by atoms with Crippen molar-refractivity contribution in [1.29, 1.82) is 0 Å². The van der Waals surface area contributed by atoms with Crippen LogP contribution in [0.3, 0.4) is 0 Å². The second-order valence-electron chi connectivity index (χ2n) is 6.06. The molecule has 0 saturated heterocycles. The molecule has 9 heteroatoms. The zero-order valence-electron chi connectivity index (χ0n) is 15.9. The van der Waals surface area contributed by atoms with E-state index >= 15 is 0 Å². The van der Waals surface area contributed by atoms with Crippen molar-refractivity contribution in [3.8, 4) is 0 Å². The van der Waals surface area contributed by atoms with E-state index in [4.69, 9.17) is 0 Å². The fraction of sp³-hybridized carbons (Fsp3) is 1.00. The van der Waals surface area contributed by atoms with Crippen molar-refractivity contribution in [2.75, 3.05) is 11.5 Å². The molecule has 0 bridgehead atoms. The van der Waals surface area contributed by atoms with Crippen LogP contribution in [-0.4, -0.2) is 82.9 Å². The summed E-state index contributed by atoms with van der Waals surface area (Å²) >= 11 is 0. The van der Waals surface area contributed by atoms with E-state index in [0.717, 1.165) is 38.5 Å². The van der Waals surface area contributed by atoms with Gasteiger partial charge in [0.25, 0.3) is 0 Å². The minimum absolute atomic E-state index is 0. The van der Waals surface area contributed by atoms with Crippen molar-refractivity contribution in [1.82, 2.24) is 0 Å². The maximum atomic E-state index is 10.2. The molecular weight excluding hydrogens is 440 g/mol. The van der Waals surface area contributed by atoms with Crippen LogP contribution in [0.1, 0.15) is 90.9 Å². The molecule has 0 N–H and O–H groups in total. The quantitative estimate of drug-likeness (QED) is 0.217. The summed E-state index contributed by atoms with van der Waals surface area (Å²) in [5, 5.41) is 0. The van der Waals surface area contributed by atoms with Gasteiger partial charge in [0.15, 0.2) is 0 Å². The Morgan fingerprint density at radius 3 is 1.00 bits per heavy atom. The number of hydrogen-bond donors (Lipinski definition) is 0. The molecule has 0 spiro atoms. The van der Waals surface area contributed by atoms with Gasteiger partial charge in [-0.25, -0.2) is 16.8 Å². The Morgan fingerprint density at radius 2 is 0.760 bits per heavy atom. The van der Waals surface area contributed by atoms with Gasteiger partial charge in [-0.15, -0.1) is 0 Å². The zero-order valence-corrected chi connectivity index (χ0v) is 21.0. The van der Waals surface area contributed by atoms with Gasteiger partial charge in [0.05, 0.1) is 20.2 Å². The Morgan fingerprint density at radius 1 is 0.520 bits per heavy atom. The van der Waals surface area contributed by atoms with E-state index in [2.05, 4.69) is 13.8 Å². The molecule has 0 aliphatic carbocycles. The van der Waals surface area contributed by atoms with Crippen LogP contribution in [0.2, 0.25) is 0 Å². The Kier molecular flexibility index (Phi) is 24.9. The average molecular weight is 474 g/mol. The fourth-order valence-corrected chi connectivity index (χ4v) is 3.23. The molecule has 0 unspecified atom stereocenters. The predicted octanol–water partition coefficient (Wildman–Crippen LogP) is 3.40. The molecule has 0 amide bonds. The van der Waals surface area contributed by atoms with Crippen LogP contribution in [0.4, 0.5) is 0 Å². The van der Waals surface area contributed by atoms with Gasteiger partial charge >= 0.3 is 45.5 Å². The minimum Gasteiger partial charge on any atom is -0.748 e. The van der Waals surface area contributed by atoms with Gasteiger partial charge in [-0.3, -0.25) is 0 Å². The number of hydrogen-bond acceptors (Lipinski definition) is 6. The van der Waals surface area contributed by atoms with E-state index in [0.29, 0.717) is 12.8 Å². The topological polar surface area (TPSA) is 114 Å². The molecule has 0 aliphatic heterocycles. The number of unbranched alkanes of at least 4 members (excludes halogenated alkanes) is 10. The molecule has 0 radical (unpaired) electrons. The van der Waals surface area contributed by atoms with E-state index in [-0.39, 0.29) is 57.0 Å². The molecule has 0 aromatic carbocycles. The molecule has 0 rings (SSSR count). The normalized spacial score (nSPS) is 11.4. The molecule has 148 valence electrons. The van der Waals surface area contributed by atoms with Crippen molar-refractivity contribution in [3.05, 3.63) is 0 Å². The average Bonchev–Trinajstić information content (AvgIpc) is 2.45. The summed E-state index contributed by atoms with van der Waals surface area (Å²) in [5.41, 5.74) is 0. The third kappa shape index (κ3) is 36.9. The van der Waals surface area contributed by atoms with Crippen LogP contribution in [0, 0.1) is 0 Å². The Labute approximate surface area is 192 Å². The largest absolute Gasteiger partial charge is 2.00 e. The van der Waals surface area contributed by atoms with Crippen molar-refractivity contribution in [2.45, 2.75) is 90.9 Å². The standard InChI is InChI=1S/2C8H18O3S.Sr/c2*1-2-3-4-5-6-7-8-12(9,10)11;/h2*2-8H2,1H3,(H,9,10,11);/q;;+2/p-2. The molecular formula is C16H34O6S2Sr. The summed E-state index contributed by atoms with van der Waals surface area (Å²) in [6.45, 7) is 4.25. The maximum Gasteiger partial charge on any atom is 2.00 e. The summed E-state index contributed by atoms with van der Waals surface area (Å²) in [5.74, 6) is -0.391. The molecule has 0 heterocycles. The van der Waals surface area contributed by atoms with E-state index in [1.54, 1.807) is 0 Å². The van der Waals surface area contributed by atoms with E-state index < -0.39 is 20.2 Å². The first-order chi connectivity index (χ1) is 11.1. The Bertz CT molecular complexity index is 419. The molecule has 6 nitrogen and oxygen atoms in total. The van der Waals surface area contributed by atoms with Crippen molar-refractivity contribution in [3.63, 3.8) is 0 Å². The van der Waals surface area contributed by atoms with E-state index in [9.17, 15) is 25.9 Å². The van der Waals surface area contributed by atoms with Crippen molar-refractivity contribution < 1.29 is 25.9 Å². The maximum absolute atomic E-state index is 10.2. The summed E-state index contributed by atoms with van der Waals surface area (Å²) in [7, 11) is -7.93. The van der Waals surface area contributed by atoms with Crippen LogP contribution >= 0.6 is 0 Å². The van der Waals surface area contributed by atoms with Gasteiger partial charge in [0, 0.05) is 11.5 Å². The van der Waals surface area contributed by atoms with Gasteiger partial charge in [0.2, 0.25) is 0 Å². The van der Waals surface area contributed by atoms with Crippen LogP contribution in [0.5, 0.6) is 0 Å². The molecule has 0 saturated carbocycles. The summed E-state index contributed by atoms with van der Waals surface area (Å²) in [6.07, 6.45) is 11.9. The monoisotopic (exact) mass is 474 g/mol. The molecule has 0 aromatic rings. The molecule has 25 heavy (non-hydrogen) atoms. The van der Waals surface area contributed by atoms with E-state index in [1.807, 2.05) is 0 Å². The first kappa shape index (κ1) is 31.0. The third-order valence-electron chi connectivity index (χ3n) is 3.50. The molecule has 0 fully saturated rings. The second kappa shape index (κ2) is 20.0. The van der Waals surface area contributed by atoms with Crippen LogP contribution in [0.15, 0.2) is 0 Å². The summed E-state index contributed by atoms with van der Waals surface area (Å²) < 4.78 is 61.0. The molecule has 0 aliphatic rings.